The lowest BCUT2D eigenvalue weighted by Crippen LogP contribution is -2.43. The second-order valence-corrected chi connectivity index (χ2v) is 8.92. The third-order valence-electron chi connectivity index (χ3n) is 4.54. The minimum absolute atomic E-state index is 0.0708. The minimum Gasteiger partial charge on any atom is -0.481 e. The standard InChI is InChI=1S/C18H25NO5S/c1-25(23,24)12-13-8-10-14(11-9-13)17(20)19-16-7-5-3-2-4-6-15(16)18(21)22/h8-11,15-16H,2-7,12H2,1H3,(H,19,20)(H,21,22). The van der Waals surface area contributed by atoms with E-state index in [1.54, 1.807) is 24.3 Å². The van der Waals surface area contributed by atoms with Gasteiger partial charge in [-0.1, -0.05) is 37.8 Å². The van der Waals surface area contributed by atoms with E-state index in [-0.39, 0.29) is 17.7 Å². The van der Waals surface area contributed by atoms with Crippen LogP contribution in [0.4, 0.5) is 0 Å². The molecule has 1 saturated carbocycles. The number of carbonyl (C=O) groups excluding carboxylic acids is 1. The van der Waals surface area contributed by atoms with Gasteiger partial charge in [0, 0.05) is 17.9 Å². The molecule has 1 aromatic carbocycles. The molecule has 2 unspecified atom stereocenters. The molecule has 1 amide bonds. The summed E-state index contributed by atoms with van der Waals surface area (Å²) in [7, 11) is -3.12. The van der Waals surface area contributed by atoms with E-state index in [0.29, 0.717) is 24.0 Å². The van der Waals surface area contributed by atoms with Crippen LogP contribution < -0.4 is 5.32 Å². The van der Waals surface area contributed by atoms with Gasteiger partial charge in [0.2, 0.25) is 0 Å². The summed E-state index contributed by atoms with van der Waals surface area (Å²) >= 11 is 0. The van der Waals surface area contributed by atoms with Crippen molar-refractivity contribution < 1.29 is 23.1 Å². The van der Waals surface area contributed by atoms with Crippen LogP contribution in [-0.2, 0) is 20.4 Å². The molecule has 1 aliphatic rings. The molecule has 1 aromatic rings. The highest BCUT2D eigenvalue weighted by atomic mass is 32.2. The minimum atomic E-state index is -3.12. The monoisotopic (exact) mass is 367 g/mol. The molecule has 138 valence electrons. The van der Waals surface area contributed by atoms with Gasteiger partial charge in [-0.25, -0.2) is 8.42 Å². The molecule has 1 fully saturated rings. The molecule has 2 rings (SSSR count). The Bertz CT molecular complexity index is 711. The van der Waals surface area contributed by atoms with E-state index in [2.05, 4.69) is 5.32 Å². The first kappa shape index (κ1) is 19.4. The molecule has 2 N–H and O–H groups in total. The highest BCUT2D eigenvalue weighted by Crippen LogP contribution is 2.23. The van der Waals surface area contributed by atoms with E-state index < -0.39 is 21.7 Å². The van der Waals surface area contributed by atoms with Crippen LogP contribution in [0.3, 0.4) is 0 Å². The van der Waals surface area contributed by atoms with E-state index in [0.717, 1.165) is 31.9 Å². The third-order valence-corrected chi connectivity index (χ3v) is 5.40. The lowest BCUT2D eigenvalue weighted by Gasteiger charge is -2.27. The molecular formula is C18H25NO5S. The Morgan fingerprint density at radius 2 is 1.68 bits per heavy atom. The Labute approximate surface area is 148 Å². The van der Waals surface area contributed by atoms with Crippen LogP contribution in [-0.4, -0.2) is 37.7 Å². The fourth-order valence-corrected chi connectivity index (χ4v) is 4.06. The summed E-state index contributed by atoms with van der Waals surface area (Å²) in [5.41, 5.74) is 1.02. The molecule has 7 heteroatoms. The van der Waals surface area contributed by atoms with E-state index in [1.165, 1.54) is 0 Å². The van der Waals surface area contributed by atoms with Gasteiger partial charge in [-0.15, -0.1) is 0 Å². The highest BCUT2D eigenvalue weighted by Gasteiger charge is 2.30. The summed E-state index contributed by atoms with van der Waals surface area (Å²) in [5.74, 6) is -1.81. The topological polar surface area (TPSA) is 101 Å². The number of carbonyl (C=O) groups is 2. The zero-order chi connectivity index (χ0) is 18.4. The highest BCUT2D eigenvalue weighted by molar-refractivity contribution is 7.89. The fraction of sp³-hybridized carbons (Fsp3) is 0.556. The van der Waals surface area contributed by atoms with Crippen LogP contribution in [0.25, 0.3) is 0 Å². The maximum absolute atomic E-state index is 12.5. The van der Waals surface area contributed by atoms with Crippen LogP contribution in [0.2, 0.25) is 0 Å². The van der Waals surface area contributed by atoms with Crippen molar-refractivity contribution in [2.75, 3.05) is 6.26 Å². The zero-order valence-corrected chi connectivity index (χ0v) is 15.2. The van der Waals surface area contributed by atoms with Crippen molar-refractivity contribution in [1.29, 1.82) is 0 Å². The molecule has 0 heterocycles. The van der Waals surface area contributed by atoms with E-state index >= 15 is 0 Å². The number of carboxylic acid groups (broad SMARTS) is 1. The van der Waals surface area contributed by atoms with E-state index in [4.69, 9.17) is 0 Å². The number of sulfone groups is 1. The first-order chi connectivity index (χ1) is 11.8. The van der Waals surface area contributed by atoms with Crippen LogP contribution >= 0.6 is 0 Å². The van der Waals surface area contributed by atoms with Crippen molar-refractivity contribution in [3.63, 3.8) is 0 Å². The van der Waals surface area contributed by atoms with Gasteiger partial charge in [-0.2, -0.15) is 0 Å². The van der Waals surface area contributed by atoms with Gasteiger partial charge in [0.15, 0.2) is 9.84 Å². The normalized spacial score (nSPS) is 21.8. The quantitative estimate of drug-likeness (QED) is 0.832. The molecule has 0 radical (unpaired) electrons. The van der Waals surface area contributed by atoms with E-state index in [1.807, 2.05) is 0 Å². The molecule has 0 spiro atoms. The Morgan fingerprint density at radius 3 is 2.24 bits per heavy atom. The number of aliphatic carboxylic acids is 1. The van der Waals surface area contributed by atoms with Crippen molar-refractivity contribution >= 4 is 21.7 Å². The van der Waals surface area contributed by atoms with E-state index in [9.17, 15) is 23.1 Å². The summed E-state index contributed by atoms with van der Waals surface area (Å²) in [6.07, 6.45) is 6.26. The van der Waals surface area contributed by atoms with Gasteiger partial charge in [-0.05, 0) is 30.5 Å². The number of hydrogen-bond donors (Lipinski definition) is 2. The van der Waals surface area contributed by atoms with Gasteiger partial charge >= 0.3 is 5.97 Å². The fourth-order valence-electron chi connectivity index (χ4n) is 3.26. The molecular weight excluding hydrogens is 342 g/mol. The number of rotatable bonds is 5. The lowest BCUT2D eigenvalue weighted by atomic mass is 9.86. The molecule has 0 aliphatic heterocycles. The predicted molar refractivity (Wildman–Crippen MR) is 95.1 cm³/mol. The molecule has 0 saturated heterocycles. The number of carboxylic acids is 1. The summed E-state index contributed by atoms with van der Waals surface area (Å²) < 4.78 is 22.6. The van der Waals surface area contributed by atoms with Crippen LogP contribution in [0.1, 0.15) is 54.4 Å². The maximum atomic E-state index is 12.5. The molecule has 0 bridgehead atoms. The van der Waals surface area contributed by atoms with Gasteiger partial charge in [0.05, 0.1) is 11.7 Å². The number of nitrogens with one attached hydrogen (secondary N) is 1. The van der Waals surface area contributed by atoms with Gasteiger partial charge in [0.1, 0.15) is 0 Å². The largest absolute Gasteiger partial charge is 0.481 e. The molecule has 6 nitrogen and oxygen atoms in total. The molecule has 25 heavy (non-hydrogen) atoms. The van der Waals surface area contributed by atoms with Gasteiger partial charge < -0.3 is 10.4 Å². The maximum Gasteiger partial charge on any atom is 0.308 e. The Balaban J connectivity index is 2.07. The van der Waals surface area contributed by atoms with Crippen molar-refractivity contribution in [3.8, 4) is 0 Å². The smallest absolute Gasteiger partial charge is 0.308 e. The van der Waals surface area contributed by atoms with Crippen molar-refractivity contribution in [3.05, 3.63) is 35.4 Å². The second-order valence-electron chi connectivity index (χ2n) is 6.78. The Hall–Kier alpha value is -1.89. The average molecular weight is 367 g/mol. The molecule has 0 aromatic heterocycles. The first-order valence-corrected chi connectivity index (χ1v) is 10.6. The Morgan fingerprint density at radius 1 is 1.08 bits per heavy atom. The second kappa shape index (κ2) is 8.47. The van der Waals surface area contributed by atoms with Crippen molar-refractivity contribution in [2.45, 2.75) is 50.3 Å². The molecule has 1 aliphatic carbocycles. The first-order valence-electron chi connectivity index (χ1n) is 8.56. The van der Waals surface area contributed by atoms with Crippen LogP contribution in [0, 0.1) is 5.92 Å². The van der Waals surface area contributed by atoms with Gasteiger partial charge in [0.25, 0.3) is 5.91 Å². The van der Waals surface area contributed by atoms with Crippen LogP contribution in [0.5, 0.6) is 0 Å². The SMILES string of the molecule is CS(=O)(=O)Cc1ccc(C(=O)NC2CCCCCCC2C(=O)O)cc1. The summed E-state index contributed by atoms with van der Waals surface area (Å²) in [5, 5.41) is 12.3. The summed E-state index contributed by atoms with van der Waals surface area (Å²) in [4.78, 5) is 24.0. The zero-order valence-electron chi connectivity index (χ0n) is 14.4. The van der Waals surface area contributed by atoms with Gasteiger partial charge in [-0.3, -0.25) is 9.59 Å². The third kappa shape index (κ3) is 6.16. The number of amides is 1. The van der Waals surface area contributed by atoms with Crippen LogP contribution in [0.15, 0.2) is 24.3 Å². The summed E-state index contributed by atoms with van der Waals surface area (Å²) in [6, 6.07) is 6.01. The van der Waals surface area contributed by atoms with Crippen molar-refractivity contribution in [1.82, 2.24) is 5.32 Å². The van der Waals surface area contributed by atoms with Crippen molar-refractivity contribution in [2.24, 2.45) is 5.92 Å². The Kier molecular flexibility index (Phi) is 6.58. The molecule has 2 atom stereocenters. The average Bonchev–Trinajstić information content (AvgIpc) is 2.48. The lowest BCUT2D eigenvalue weighted by molar-refractivity contribution is -0.143. The predicted octanol–water partition coefficient (Wildman–Crippen LogP) is 2.38. The number of benzene rings is 1. The summed E-state index contributed by atoms with van der Waals surface area (Å²) in [6.45, 7) is 0. The number of hydrogen-bond acceptors (Lipinski definition) is 4.